The number of aliphatic hydroxyl groups is 6. The molecule has 0 bridgehead atoms. The van der Waals surface area contributed by atoms with E-state index in [1.807, 2.05) is 12.1 Å². The van der Waals surface area contributed by atoms with Crippen molar-refractivity contribution >= 4 is 76.6 Å². The average Bonchev–Trinajstić information content (AvgIpc) is 1.62. The number of anilines is 1. The molecule has 5 fully saturated rings. The smallest absolute Gasteiger partial charge is 0.261 e. The summed E-state index contributed by atoms with van der Waals surface area (Å²) in [6.07, 6.45) is -8.49. The quantitative estimate of drug-likeness (QED) is 0.0247. The number of nitrogens with zero attached hydrogens (tertiary/aromatic N) is 6. The lowest BCUT2D eigenvalue weighted by Crippen LogP contribution is -2.64. The normalized spacial score (nSPS) is 28.2. The van der Waals surface area contributed by atoms with Crippen molar-refractivity contribution in [1.82, 2.24) is 51.5 Å². The van der Waals surface area contributed by atoms with Gasteiger partial charge in [-0.3, -0.25) is 43.3 Å². The van der Waals surface area contributed by atoms with Gasteiger partial charge in [-0.15, -0.1) is 10.2 Å². The fraction of sp³-hybridized carbons (Fsp3) is 0.541. The second-order valence-electron chi connectivity index (χ2n) is 24.7. The molecule has 1 unspecified atom stereocenters. The van der Waals surface area contributed by atoms with Crippen LogP contribution in [0.1, 0.15) is 81.6 Å². The lowest BCUT2D eigenvalue weighted by atomic mass is 9.86. The molecule has 510 valence electrons. The van der Waals surface area contributed by atoms with Gasteiger partial charge in [0.05, 0.1) is 43.0 Å². The van der Waals surface area contributed by atoms with E-state index < -0.39 is 177 Å². The maximum Gasteiger partial charge on any atom is 0.261 e. The van der Waals surface area contributed by atoms with Crippen LogP contribution in [0.4, 0.5) is 5.69 Å². The number of phenols is 1. The first kappa shape index (κ1) is 70.6. The average molecular weight is 1350 g/mol. The van der Waals surface area contributed by atoms with Gasteiger partial charge in [0.2, 0.25) is 41.4 Å². The van der Waals surface area contributed by atoms with Gasteiger partial charge in [-0.1, -0.05) is 52.8 Å². The van der Waals surface area contributed by atoms with Crippen LogP contribution in [-0.2, 0) is 49.4 Å². The van der Waals surface area contributed by atoms with Gasteiger partial charge in [-0.25, -0.2) is 5.26 Å². The summed E-state index contributed by atoms with van der Waals surface area (Å²) in [7, 11) is 0. The third-order valence-electron chi connectivity index (χ3n) is 17.9. The van der Waals surface area contributed by atoms with E-state index in [1.54, 1.807) is 12.1 Å². The molecule has 4 aromatic rings. The Bertz CT molecular complexity index is 3340. The lowest BCUT2D eigenvalue weighted by Gasteiger charge is -2.42. The number of primary amides is 1. The number of nitrogens with two attached hydrogens (primary N) is 1. The molecule has 0 radical (unpaired) electrons. The van der Waals surface area contributed by atoms with Gasteiger partial charge in [0.25, 0.3) is 18.2 Å². The number of hydrogen-bond acceptors (Lipinski definition) is 25. The molecule has 3 aromatic carbocycles. The van der Waals surface area contributed by atoms with Gasteiger partial charge in [0.15, 0.2) is 11.5 Å². The minimum atomic E-state index is -2.22. The molecule has 13 atom stereocenters. The molecular weight excluding hydrogens is 1270 g/mol. The minimum Gasteiger partial charge on any atom is -0.504 e. The maximum atomic E-state index is 14.7. The van der Waals surface area contributed by atoms with Crippen molar-refractivity contribution in [3.05, 3.63) is 77.9 Å². The number of hydrogen-bond donors (Lipinski definition) is 14. The molecule has 8 amide bonds. The second-order valence-corrected chi connectivity index (χ2v) is 26.2. The Morgan fingerprint density at radius 3 is 2.01 bits per heavy atom. The van der Waals surface area contributed by atoms with Crippen LogP contribution < -0.4 is 41.4 Å². The molecule has 94 heavy (non-hydrogen) atoms. The molecule has 9 rings (SSSR count). The summed E-state index contributed by atoms with van der Waals surface area (Å²) in [5, 5.41) is 113. The molecule has 1 aliphatic carbocycles. The summed E-state index contributed by atoms with van der Waals surface area (Å²) in [5.41, 5.74) is 8.13. The predicted molar refractivity (Wildman–Crippen MR) is 336 cm³/mol. The third kappa shape index (κ3) is 17.2. The van der Waals surface area contributed by atoms with E-state index in [9.17, 15) is 74.1 Å². The number of phenolic OH excluding ortho intramolecular Hbond substituents is 1. The van der Waals surface area contributed by atoms with Crippen molar-refractivity contribution in [3.8, 4) is 32.6 Å². The van der Waals surface area contributed by atoms with Gasteiger partial charge >= 0.3 is 0 Å². The number of rotatable bonds is 17. The number of amides is 8. The molecule has 31 nitrogen and oxygen atoms in total. The third-order valence-corrected chi connectivity index (χ3v) is 19.3. The van der Waals surface area contributed by atoms with E-state index in [4.69, 9.17) is 15.2 Å². The topological polar surface area (TPSA) is 451 Å². The highest BCUT2D eigenvalue weighted by Crippen LogP contribution is 2.35. The van der Waals surface area contributed by atoms with Gasteiger partial charge in [0.1, 0.15) is 46.3 Å². The fourth-order valence-corrected chi connectivity index (χ4v) is 13.8. The monoisotopic (exact) mass is 1350 g/mol. The molecule has 15 N–H and O–H groups in total. The first-order valence-electron chi connectivity index (χ1n) is 31.0. The van der Waals surface area contributed by atoms with E-state index in [0.29, 0.717) is 21.6 Å². The van der Waals surface area contributed by atoms with E-state index in [0.717, 1.165) is 72.2 Å². The standard InChI is InChI=1S/C61H80N12O19S2/c1-30-4-13-37(14-5-30)70-18-20-71(21-19-70)38-15-11-36(12-16-38)59-69-68-58(93-59)35-9-7-34(8-10-35)53(82)64-41-24-39(75)27-63-57(86)51-52(81)31(2)28-73(51)61(88)50(45(79)26-47(62)80)67-56(85)49(44(78)22-33-6-17-43(77)46(23-33)90-94-92-91-89)66-55(84)42-25-40(76)29-72(42)60(87)48(32(3)74)65-54(41)83/h6-12,15-17,23,30-32,37,39-42,44-45,48-52,74-79,81,89H,4-5,13-14,18-22,24-29H2,1-3H3,(H2,62,80)(H,63,86)(H,64,82)(H,65,83)(H,66,84)(H,67,85)/t30?,31-,32+,37?,39+,40+,41?,42-,44+,45+,48-,49-,50-,51-,52-/m0/s1. The summed E-state index contributed by atoms with van der Waals surface area (Å²) in [6, 6.07) is 6.87. The van der Waals surface area contributed by atoms with E-state index in [2.05, 4.69) is 75.0 Å². The predicted octanol–water partition coefficient (Wildman–Crippen LogP) is -1.53. The molecule has 4 saturated heterocycles. The maximum absolute atomic E-state index is 14.7. The zero-order valence-electron chi connectivity index (χ0n) is 51.8. The molecule has 1 saturated carbocycles. The first-order valence-corrected chi connectivity index (χ1v) is 32.5. The van der Waals surface area contributed by atoms with Crippen molar-refractivity contribution in [2.45, 2.75) is 151 Å². The van der Waals surface area contributed by atoms with Gasteiger partial charge in [-0.2, -0.15) is 0 Å². The number of fused-ring (bicyclic) bond motifs is 2. The van der Waals surface area contributed by atoms with Crippen LogP contribution >= 0.6 is 23.7 Å². The molecule has 5 heterocycles. The van der Waals surface area contributed by atoms with Crippen molar-refractivity contribution < 1.29 is 92.9 Å². The van der Waals surface area contributed by atoms with Gasteiger partial charge in [-0.05, 0) is 92.6 Å². The number of aromatic hydroxyl groups is 1. The number of nitrogens with one attached hydrogen (secondary N) is 5. The second kappa shape index (κ2) is 31.7. The Morgan fingerprint density at radius 1 is 0.745 bits per heavy atom. The Morgan fingerprint density at radius 2 is 1.37 bits per heavy atom. The van der Waals surface area contributed by atoms with E-state index in [1.165, 1.54) is 62.1 Å². The summed E-state index contributed by atoms with van der Waals surface area (Å²) >= 11 is 1.40. The minimum absolute atomic E-state index is 0.0184. The number of benzene rings is 3. The highest BCUT2D eigenvalue weighted by molar-refractivity contribution is 7.90. The van der Waals surface area contributed by atoms with Crippen LogP contribution in [0.2, 0.25) is 0 Å². The number of β-amino-alcohol motifs (C(OH)–C–C–N with tert-alkyl or cyclic N) is 1. The lowest BCUT2D eigenvalue weighted by molar-refractivity contribution is -0.433. The first-order chi connectivity index (χ1) is 44.9. The van der Waals surface area contributed by atoms with Crippen molar-refractivity contribution in [2.75, 3.05) is 50.7 Å². The van der Waals surface area contributed by atoms with Crippen molar-refractivity contribution in [3.63, 3.8) is 0 Å². The van der Waals surface area contributed by atoms with Crippen LogP contribution in [0, 0.1) is 11.8 Å². The number of carbonyl (C=O) groups is 8. The summed E-state index contributed by atoms with van der Waals surface area (Å²) in [5.74, 6) is -10.2. The van der Waals surface area contributed by atoms with Crippen LogP contribution in [0.3, 0.4) is 0 Å². The van der Waals surface area contributed by atoms with Crippen LogP contribution in [0.25, 0.3) is 21.1 Å². The van der Waals surface area contributed by atoms with Crippen molar-refractivity contribution in [2.24, 2.45) is 17.6 Å². The number of aliphatic hydroxyl groups excluding tert-OH is 6. The molecule has 1 aromatic heterocycles. The number of aromatic nitrogens is 2. The van der Waals surface area contributed by atoms with Gasteiger partial charge < -0.3 is 86.9 Å². The Hall–Kier alpha value is -7.67. The van der Waals surface area contributed by atoms with Crippen LogP contribution in [0.5, 0.6) is 11.5 Å². The molecule has 33 heteroatoms. The van der Waals surface area contributed by atoms with Crippen LogP contribution in [0.15, 0.2) is 66.7 Å². The molecule has 5 aliphatic rings. The van der Waals surface area contributed by atoms with E-state index in [-0.39, 0.29) is 29.2 Å². The van der Waals surface area contributed by atoms with Crippen molar-refractivity contribution in [1.29, 1.82) is 0 Å². The highest BCUT2D eigenvalue weighted by atomic mass is 32.2. The Labute approximate surface area is 548 Å². The largest absolute Gasteiger partial charge is 0.504 e. The van der Waals surface area contributed by atoms with E-state index >= 15 is 0 Å². The Kier molecular flexibility index (Phi) is 23.8. The fourth-order valence-electron chi connectivity index (χ4n) is 12.6. The zero-order valence-corrected chi connectivity index (χ0v) is 53.4. The number of carbonyl (C=O) groups excluding carboxylic acids is 8. The SMILES string of the molecule is CC1CCC(N2CCN(c3ccc(-c4nnc(-c5ccc(C(=O)NC6C[C@@H](O)CNC(=O)[C@@H]7[C@@H](O)[C@@H](C)CN7C(=O)[C@H]([C@H](O)CC(N)=O)NC(=O)[C@H]([C@H](O)Cc7ccc(O)c(OSOOO)c7)NC(=O)[C@@H]7C[C@@H](O)CN7C(=O)[C@H]([C@@H](C)O)NC6=O)cc5)s4)cc3)CC2)CC1. The summed E-state index contributed by atoms with van der Waals surface area (Å²) in [4.78, 5) is 120. The Balaban J connectivity index is 0.955. The number of piperazine rings is 1. The molecule has 4 aliphatic heterocycles. The molecule has 0 spiro atoms. The van der Waals surface area contributed by atoms with Crippen LogP contribution in [-0.4, -0.2) is 238 Å². The zero-order chi connectivity index (χ0) is 67.7. The molecular formula is C61H80N12O19S2. The highest BCUT2D eigenvalue weighted by Gasteiger charge is 2.50. The summed E-state index contributed by atoms with van der Waals surface area (Å²) < 4.78 is 9.32. The van der Waals surface area contributed by atoms with Gasteiger partial charge in [0, 0.05) is 99.4 Å². The summed E-state index contributed by atoms with van der Waals surface area (Å²) in [6.45, 7) is 7.17.